The zero-order valence-corrected chi connectivity index (χ0v) is 21.4. The van der Waals surface area contributed by atoms with Gasteiger partial charge in [-0.2, -0.15) is 4.31 Å². The van der Waals surface area contributed by atoms with Crippen LogP contribution in [0.25, 0.3) is 0 Å². The fraction of sp³-hybridized carbons (Fsp3) is 0.259. The fourth-order valence-corrected chi connectivity index (χ4v) is 6.46. The van der Waals surface area contributed by atoms with E-state index in [4.69, 9.17) is 4.74 Å². The first-order valence-corrected chi connectivity index (χ1v) is 13.5. The summed E-state index contributed by atoms with van der Waals surface area (Å²) >= 11 is 0. The molecule has 1 fully saturated rings. The highest BCUT2D eigenvalue weighted by Crippen LogP contribution is 2.34. The van der Waals surface area contributed by atoms with Gasteiger partial charge >= 0.3 is 0 Å². The fourth-order valence-electron chi connectivity index (χ4n) is 4.76. The average Bonchev–Trinajstić information content (AvgIpc) is 3.48. The summed E-state index contributed by atoms with van der Waals surface area (Å²) in [6.07, 6.45) is 1.22. The molecule has 1 amide bonds. The summed E-state index contributed by atoms with van der Waals surface area (Å²) in [5.74, 6) is -1.02. The molecule has 2 aliphatic heterocycles. The van der Waals surface area contributed by atoms with Crippen LogP contribution in [0.4, 0.5) is 11.4 Å². The molecule has 0 aromatic heterocycles. The van der Waals surface area contributed by atoms with E-state index >= 15 is 0 Å². The molecule has 0 radical (unpaired) electrons. The number of Topliss-reactive ketones (excluding diaryl/α,β-unsaturated/α-hetero) is 1. The van der Waals surface area contributed by atoms with Gasteiger partial charge in [0.05, 0.1) is 33.7 Å². The number of hydrogen-bond acceptors (Lipinski definition) is 7. The van der Waals surface area contributed by atoms with Crippen LogP contribution < -0.4 is 9.64 Å². The van der Waals surface area contributed by atoms with Crippen LogP contribution in [0, 0.1) is 17.0 Å². The maximum absolute atomic E-state index is 13.6. The molecule has 10 nitrogen and oxygen atoms in total. The van der Waals surface area contributed by atoms with E-state index in [0.29, 0.717) is 30.8 Å². The minimum atomic E-state index is -3.97. The highest BCUT2D eigenvalue weighted by Gasteiger charge is 2.40. The Morgan fingerprint density at radius 3 is 2.42 bits per heavy atom. The van der Waals surface area contributed by atoms with Crippen molar-refractivity contribution in [2.24, 2.45) is 0 Å². The number of non-ortho nitro benzene ring substituents is 1. The van der Waals surface area contributed by atoms with E-state index in [1.165, 1.54) is 51.7 Å². The lowest BCUT2D eigenvalue weighted by Gasteiger charge is -2.24. The van der Waals surface area contributed by atoms with Crippen LogP contribution in [0.5, 0.6) is 5.75 Å². The molecule has 0 spiro atoms. The topological polar surface area (TPSA) is 127 Å². The number of carbonyl (C=O) groups excluding carboxylic acids is 2. The highest BCUT2D eigenvalue weighted by molar-refractivity contribution is 7.89. The lowest BCUT2D eigenvalue weighted by atomic mass is 10.1. The predicted octanol–water partition coefficient (Wildman–Crippen LogP) is 3.86. The molecular weight excluding hydrogens is 510 g/mol. The van der Waals surface area contributed by atoms with Crippen molar-refractivity contribution in [2.75, 3.05) is 18.1 Å². The number of fused-ring (bicyclic) bond motifs is 1. The minimum absolute atomic E-state index is 0.0585. The smallest absolute Gasteiger partial charge is 0.299 e. The third-order valence-corrected chi connectivity index (χ3v) is 8.77. The highest BCUT2D eigenvalue weighted by atomic mass is 32.2. The summed E-state index contributed by atoms with van der Waals surface area (Å²) in [4.78, 5) is 37.2. The Bertz CT molecular complexity index is 1520. The molecule has 11 heteroatoms. The van der Waals surface area contributed by atoms with E-state index in [9.17, 15) is 28.1 Å². The van der Waals surface area contributed by atoms with Gasteiger partial charge in [0.25, 0.3) is 17.4 Å². The van der Waals surface area contributed by atoms with Crippen LogP contribution >= 0.6 is 0 Å². The van der Waals surface area contributed by atoms with Crippen LogP contribution in [0.3, 0.4) is 0 Å². The number of nitro benzene ring substituents is 1. The molecule has 5 rings (SSSR count). The first-order chi connectivity index (χ1) is 18.1. The number of sulfonamides is 1. The second kappa shape index (κ2) is 9.99. The zero-order chi connectivity index (χ0) is 27.0. The Morgan fingerprint density at radius 2 is 1.74 bits per heavy atom. The maximum atomic E-state index is 13.6. The van der Waals surface area contributed by atoms with Crippen LogP contribution in [0.1, 0.15) is 34.3 Å². The van der Waals surface area contributed by atoms with Crippen molar-refractivity contribution in [1.82, 2.24) is 4.31 Å². The normalized spacial score (nSPS) is 17.6. The summed E-state index contributed by atoms with van der Waals surface area (Å²) in [6, 6.07) is 17.0. The van der Waals surface area contributed by atoms with Crippen LogP contribution in [0.15, 0.2) is 71.6 Å². The van der Waals surface area contributed by atoms with Crippen molar-refractivity contribution < 1.29 is 27.7 Å². The van der Waals surface area contributed by atoms with Crippen molar-refractivity contribution in [3.05, 3.63) is 93.5 Å². The number of rotatable bonds is 8. The minimum Gasteiger partial charge on any atom is -0.492 e. The predicted molar refractivity (Wildman–Crippen MR) is 139 cm³/mol. The molecule has 2 aliphatic rings. The molecule has 0 aliphatic carbocycles. The standard InChI is InChI=1S/C27H25N3O7S/c1-18-4-6-19(7-5-18)16-28-25-13-12-23(15-24(25)26(31)27(28)32)38(35,36)29-14-2-3-21(29)17-37-22-10-8-20(9-11-22)30(33)34/h4-13,15,21H,2-3,14,16-17H2,1H3. The molecule has 0 bridgehead atoms. The second-order valence-electron chi connectivity index (χ2n) is 9.36. The van der Waals surface area contributed by atoms with Crippen LogP contribution in [-0.4, -0.2) is 48.5 Å². The van der Waals surface area contributed by atoms with Crippen molar-refractivity contribution >= 4 is 33.1 Å². The number of ketones is 1. The monoisotopic (exact) mass is 535 g/mol. The van der Waals surface area contributed by atoms with Crippen molar-refractivity contribution in [3.63, 3.8) is 0 Å². The molecule has 1 saturated heterocycles. The number of anilines is 1. The van der Waals surface area contributed by atoms with Gasteiger partial charge in [-0.1, -0.05) is 29.8 Å². The maximum Gasteiger partial charge on any atom is 0.299 e. The van der Waals surface area contributed by atoms with E-state index < -0.39 is 32.7 Å². The van der Waals surface area contributed by atoms with Gasteiger partial charge in [0.2, 0.25) is 10.0 Å². The zero-order valence-electron chi connectivity index (χ0n) is 20.6. The first-order valence-electron chi connectivity index (χ1n) is 12.1. The first kappa shape index (κ1) is 25.6. The van der Waals surface area contributed by atoms with Gasteiger partial charge in [0.1, 0.15) is 12.4 Å². The molecule has 1 unspecified atom stereocenters. The summed E-state index contributed by atoms with van der Waals surface area (Å²) in [5, 5.41) is 10.8. The number of aryl methyl sites for hydroxylation is 1. The van der Waals surface area contributed by atoms with E-state index in [-0.39, 0.29) is 29.3 Å². The average molecular weight is 536 g/mol. The van der Waals surface area contributed by atoms with Crippen molar-refractivity contribution in [3.8, 4) is 5.75 Å². The molecule has 3 aromatic carbocycles. The van der Waals surface area contributed by atoms with Gasteiger partial charge in [-0.3, -0.25) is 19.7 Å². The van der Waals surface area contributed by atoms with Crippen molar-refractivity contribution in [2.45, 2.75) is 37.2 Å². The largest absolute Gasteiger partial charge is 0.492 e. The quantitative estimate of drug-likeness (QED) is 0.243. The van der Waals surface area contributed by atoms with E-state index in [1.807, 2.05) is 31.2 Å². The van der Waals surface area contributed by atoms with Gasteiger partial charge in [0.15, 0.2) is 0 Å². The Hall–Kier alpha value is -4.09. The van der Waals surface area contributed by atoms with Gasteiger partial charge in [0, 0.05) is 18.7 Å². The molecule has 1 atom stereocenters. The SMILES string of the molecule is Cc1ccc(CN2C(=O)C(=O)c3cc(S(=O)(=O)N4CCCC4COc4ccc([N+](=O)[O-])cc4)ccc32)cc1. The molecule has 0 N–H and O–H groups in total. The van der Waals surface area contributed by atoms with Gasteiger partial charge in [-0.15, -0.1) is 0 Å². The van der Waals surface area contributed by atoms with E-state index in [2.05, 4.69) is 0 Å². The number of nitro groups is 1. The Labute approximate surface area is 219 Å². The number of carbonyl (C=O) groups is 2. The van der Waals surface area contributed by atoms with Gasteiger partial charge < -0.3 is 9.64 Å². The number of amides is 1. The van der Waals surface area contributed by atoms with E-state index in [1.54, 1.807) is 0 Å². The second-order valence-corrected chi connectivity index (χ2v) is 11.2. The third kappa shape index (κ3) is 4.77. The number of benzene rings is 3. The summed E-state index contributed by atoms with van der Waals surface area (Å²) in [5.41, 5.74) is 2.32. The van der Waals surface area contributed by atoms with Gasteiger partial charge in [-0.05, 0) is 55.7 Å². The summed E-state index contributed by atoms with van der Waals surface area (Å²) in [7, 11) is -3.97. The summed E-state index contributed by atoms with van der Waals surface area (Å²) in [6.45, 7) is 2.53. The van der Waals surface area contributed by atoms with Crippen LogP contribution in [-0.2, 0) is 21.4 Å². The Morgan fingerprint density at radius 1 is 1.03 bits per heavy atom. The lowest BCUT2D eigenvalue weighted by Crippen LogP contribution is -2.39. The van der Waals surface area contributed by atoms with Crippen molar-refractivity contribution in [1.29, 1.82) is 0 Å². The molecule has 196 valence electrons. The number of nitrogens with zero attached hydrogens (tertiary/aromatic N) is 3. The molecule has 2 heterocycles. The number of hydrogen-bond donors (Lipinski definition) is 0. The lowest BCUT2D eigenvalue weighted by molar-refractivity contribution is -0.384. The van der Waals surface area contributed by atoms with E-state index in [0.717, 1.165) is 11.1 Å². The Kier molecular flexibility index (Phi) is 6.72. The number of ether oxygens (including phenoxy) is 1. The molecule has 38 heavy (non-hydrogen) atoms. The third-order valence-electron chi connectivity index (χ3n) is 6.82. The molecule has 0 saturated carbocycles. The molecule has 3 aromatic rings. The van der Waals surface area contributed by atoms with Gasteiger partial charge in [-0.25, -0.2) is 8.42 Å². The summed E-state index contributed by atoms with van der Waals surface area (Å²) < 4.78 is 34.2. The molecular formula is C27H25N3O7S. The van der Waals surface area contributed by atoms with Crippen LogP contribution in [0.2, 0.25) is 0 Å². The Balaban J connectivity index is 1.34.